The van der Waals surface area contributed by atoms with Crippen molar-refractivity contribution in [3.05, 3.63) is 29.8 Å². The molecule has 0 aliphatic heterocycles. The zero-order chi connectivity index (χ0) is 14.0. The van der Waals surface area contributed by atoms with Crippen LogP contribution in [0, 0.1) is 5.92 Å². The second kappa shape index (κ2) is 5.61. The SMILES string of the molecule is CC(C)NS(=O)(=O)c1ccc(CC(O)C2CC2)cc1. The summed E-state index contributed by atoms with van der Waals surface area (Å²) in [6, 6.07) is 6.63. The summed E-state index contributed by atoms with van der Waals surface area (Å²) in [6.45, 7) is 3.58. The molecule has 0 amide bonds. The smallest absolute Gasteiger partial charge is 0.240 e. The molecule has 1 aliphatic rings. The molecule has 4 nitrogen and oxygen atoms in total. The molecule has 0 radical (unpaired) electrons. The van der Waals surface area contributed by atoms with Gasteiger partial charge in [-0.3, -0.25) is 0 Å². The molecule has 1 fully saturated rings. The molecule has 5 heteroatoms. The molecule has 1 saturated carbocycles. The molecule has 0 spiro atoms. The zero-order valence-corrected chi connectivity index (χ0v) is 12.2. The Hall–Kier alpha value is -0.910. The van der Waals surface area contributed by atoms with Gasteiger partial charge in [0.2, 0.25) is 10.0 Å². The van der Waals surface area contributed by atoms with Crippen molar-refractivity contribution in [2.75, 3.05) is 0 Å². The fourth-order valence-electron chi connectivity index (χ4n) is 2.07. The van der Waals surface area contributed by atoms with E-state index in [0.717, 1.165) is 18.4 Å². The van der Waals surface area contributed by atoms with E-state index in [-0.39, 0.29) is 17.0 Å². The number of sulfonamides is 1. The van der Waals surface area contributed by atoms with Crippen LogP contribution in [0.3, 0.4) is 0 Å². The number of hydrogen-bond acceptors (Lipinski definition) is 3. The van der Waals surface area contributed by atoms with E-state index < -0.39 is 10.0 Å². The van der Waals surface area contributed by atoms with Gasteiger partial charge in [0.05, 0.1) is 11.0 Å². The van der Waals surface area contributed by atoms with Crippen LogP contribution in [0.5, 0.6) is 0 Å². The van der Waals surface area contributed by atoms with E-state index in [1.54, 1.807) is 38.1 Å². The third-order valence-electron chi connectivity index (χ3n) is 3.24. The van der Waals surface area contributed by atoms with Crippen molar-refractivity contribution in [2.24, 2.45) is 5.92 Å². The summed E-state index contributed by atoms with van der Waals surface area (Å²) in [5.41, 5.74) is 0.975. The number of aliphatic hydroxyl groups excluding tert-OH is 1. The molecule has 0 heterocycles. The summed E-state index contributed by atoms with van der Waals surface area (Å²) < 4.78 is 26.4. The van der Waals surface area contributed by atoms with Crippen LogP contribution in [0.15, 0.2) is 29.2 Å². The molecule has 1 atom stereocenters. The number of aliphatic hydroxyl groups is 1. The Bertz CT molecular complexity index is 518. The van der Waals surface area contributed by atoms with E-state index in [9.17, 15) is 13.5 Å². The monoisotopic (exact) mass is 283 g/mol. The first-order valence-corrected chi connectivity index (χ1v) is 8.16. The molecule has 2 N–H and O–H groups in total. The van der Waals surface area contributed by atoms with Gasteiger partial charge in [-0.1, -0.05) is 12.1 Å². The molecular weight excluding hydrogens is 262 g/mol. The topological polar surface area (TPSA) is 66.4 Å². The van der Waals surface area contributed by atoms with Gasteiger partial charge in [-0.2, -0.15) is 0 Å². The average Bonchev–Trinajstić information content (AvgIpc) is 3.11. The molecule has 1 aliphatic carbocycles. The number of benzene rings is 1. The fraction of sp³-hybridized carbons (Fsp3) is 0.571. The molecule has 0 aromatic heterocycles. The average molecular weight is 283 g/mol. The van der Waals surface area contributed by atoms with Gasteiger partial charge in [0.15, 0.2) is 0 Å². The molecule has 0 saturated heterocycles. The van der Waals surface area contributed by atoms with Crippen LogP contribution in [0.25, 0.3) is 0 Å². The lowest BCUT2D eigenvalue weighted by atomic mass is 10.1. The summed E-state index contributed by atoms with van der Waals surface area (Å²) in [5.74, 6) is 0.436. The highest BCUT2D eigenvalue weighted by Gasteiger charge is 2.29. The second-order valence-corrected chi connectivity index (χ2v) is 7.24. The van der Waals surface area contributed by atoms with Crippen molar-refractivity contribution in [1.29, 1.82) is 0 Å². The maximum atomic E-state index is 11.9. The second-order valence-electron chi connectivity index (χ2n) is 5.53. The number of rotatable bonds is 6. The van der Waals surface area contributed by atoms with Gasteiger partial charge in [-0.05, 0) is 56.7 Å². The minimum absolute atomic E-state index is 0.124. The van der Waals surface area contributed by atoms with Gasteiger partial charge in [0.25, 0.3) is 0 Å². The van der Waals surface area contributed by atoms with Crippen molar-refractivity contribution in [2.45, 2.75) is 50.2 Å². The van der Waals surface area contributed by atoms with Crippen LogP contribution in [-0.2, 0) is 16.4 Å². The molecule has 1 aromatic carbocycles. The standard InChI is InChI=1S/C14H21NO3S/c1-10(2)15-19(17,18)13-7-3-11(4-8-13)9-14(16)12-5-6-12/h3-4,7-8,10,12,14-16H,5-6,9H2,1-2H3. The van der Waals surface area contributed by atoms with Crippen molar-refractivity contribution in [1.82, 2.24) is 4.72 Å². The summed E-state index contributed by atoms with van der Waals surface area (Å²) in [7, 11) is -3.42. The van der Waals surface area contributed by atoms with Gasteiger partial charge in [-0.15, -0.1) is 0 Å². The highest BCUT2D eigenvalue weighted by Crippen LogP contribution is 2.34. The Balaban J connectivity index is 2.05. The van der Waals surface area contributed by atoms with Crippen molar-refractivity contribution < 1.29 is 13.5 Å². The molecule has 1 unspecified atom stereocenters. The Morgan fingerprint density at radius 2 is 1.84 bits per heavy atom. The molecule has 2 rings (SSSR count). The summed E-state index contributed by atoms with van der Waals surface area (Å²) in [6.07, 6.45) is 2.51. The summed E-state index contributed by atoms with van der Waals surface area (Å²) in [4.78, 5) is 0.269. The van der Waals surface area contributed by atoms with E-state index in [4.69, 9.17) is 0 Å². The third-order valence-corrected chi connectivity index (χ3v) is 4.91. The lowest BCUT2D eigenvalue weighted by molar-refractivity contribution is 0.151. The minimum atomic E-state index is -3.42. The van der Waals surface area contributed by atoms with Gasteiger partial charge >= 0.3 is 0 Å². The van der Waals surface area contributed by atoms with Crippen molar-refractivity contribution in [3.8, 4) is 0 Å². The van der Waals surface area contributed by atoms with Gasteiger partial charge in [0.1, 0.15) is 0 Å². The Morgan fingerprint density at radius 1 is 1.26 bits per heavy atom. The number of hydrogen-bond donors (Lipinski definition) is 2. The lowest BCUT2D eigenvalue weighted by Crippen LogP contribution is -2.30. The lowest BCUT2D eigenvalue weighted by Gasteiger charge is -2.11. The maximum absolute atomic E-state index is 11.9. The van der Waals surface area contributed by atoms with Crippen LogP contribution in [0.4, 0.5) is 0 Å². The largest absolute Gasteiger partial charge is 0.392 e. The predicted octanol–water partition coefficient (Wildman–Crippen LogP) is 1.69. The van der Waals surface area contributed by atoms with Crippen LogP contribution in [0.2, 0.25) is 0 Å². The number of nitrogens with one attached hydrogen (secondary N) is 1. The molecule has 19 heavy (non-hydrogen) atoms. The van der Waals surface area contributed by atoms with E-state index in [1.165, 1.54) is 0 Å². The molecule has 1 aromatic rings. The Morgan fingerprint density at radius 3 is 2.32 bits per heavy atom. The van der Waals surface area contributed by atoms with E-state index in [1.807, 2.05) is 0 Å². The molecule has 0 bridgehead atoms. The van der Waals surface area contributed by atoms with E-state index in [2.05, 4.69) is 4.72 Å². The highest BCUT2D eigenvalue weighted by molar-refractivity contribution is 7.89. The van der Waals surface area contributed by atoms with Gasteiger partial charge in [-0.25, -0.2) is 13.1 Å². The van der Waals surface area contributed by atoms with Crippen molar-refractivity contribution >= 4 is 10.0 Å². The van der Waals surface area contributed by atoms with E-state index in [0.29, 0.717) is 12.3 Å². The van der Waals surface area contributed by atoms with Crippen LogP contribution in [-0.4, -0.2) is 25.7 Å². The minimum Gasteiger partial charge on any atom is -0.392 e. The van der Waals surface area contributed by atoms with Crippen LogP contribution in [0.1, 0.15) is 32.3 Å². The summed E-state index contributed by atoms with van der Waals surface area (Å²) in [5, 5.41) is 9.86. The Labute approximate surface area is 114 Å². The van der Waals surface area contributed by atoms with Crippen molar-refractivity contribution in [3.63, 3.8) is 0 Å². The van der Waals surface area contributed by atoms with Crippen LogP contribution >= 0.6 is 0 Å². The quantitative estimate of drug-likeness (QED) is 0.835. The first-order valence-electron chi connectivity index (χ1n) is 6.68. The van der Waals surface area contributed by atoms with Crippen LogP contribution < -0.4 is 4.72 Å². The fourth-order valence-corrected chi connectivity index (χ4v) is 3.32. The maximum Gasteiger partial charge on any atom is 0.240 e. The normalized spacial score (nSPS) is 17.7. The van der Waals surface area contributed by atoms with Gasteiger partial charge in [0, 0.05) is 6.04 Å². The van der Waals surface area contributed by atoms with E-state index >= 15 is 0 Å². The summed E-state index contributed by atoms with van der Waals surface area (Å²) >= 11 is 0. The first-order chi connectivity index (χ1) is 8.88. The third kappa shape index (κ3) is 4.03. The Kier molecular flexibility index (Phi) is 4.28. The first kappa shape index (κ1) is 14.5. The predicted molar refractivity (Wildman–Crippen MR) is 74.3 cm³/mol. The molecule has 106 valence electrons. The highest BCUT2D eigenvalue weighted by atomic mass is 32.2. The van der Waals surface area contributed by atoms with Gasteiger partial charge < -0.3 is 5.11 Å². The molecular formula is C14H21NO3S. The zero-order valence-electron chi connectivity index (χ0n) is 11.3.